The summed E-state index contributed by atoms with van der Waals surface area (Å²) in [7, 11) is 0. The highest BCUT2D eigenvalue weighted by Gasteiger charge is 2.11. The third kappa shape index (κ3) is 3.50. The summed E-state index contributed by atoms with van der Waals surface area (Å²) in [6, 6.07) is 11.3. The molecule has 0 aliphatic carbocycles. The molecule has 2 N–H and O–H groups in total. The Kier molecular flexibility index (Phi) is 4.29. The third-order valence-electron chi connectivity index (χ3n) is 4.00. The molecule has 2 aromatic carbocycles. The number of anilines is 2. The number of phenolic OH excluding ortho intramolecular Hbond substituents is 1. The molecule has 4 rings (SSSR count). The average molecular weight is 382 g/mol. The Morgan fingerprint density at radius 2 is 1.93 bits per heavy atom. The van der Waals surface area contributed by atoms with Gasteiger partial charge in [0.2, 0.25) is 11.9 Å². The Morgan fingerprint density at radius 1 is 1.07 bits per heavy atom. The molecule has 0 aliphatic heterocycles. The van der Waals surface area contributed by atoms with E-state index in [0.717, 1.165) is 11.1 Å². The molecular formula is C19H13ClFN5O. The number of pyridine rings is 1. The molecule has 0 saturated heterocycles. The number of aryl methyl sites for hydroxylation is 1. The molecule has 0 radical (unpaired) electrons. The minimum atomic E-state index is -0.563. The second kappa shape index (κ2) is 6.77. The number of rotatable bonds is 3. The zero-order chi connectivity index (χ0) is 19.0. The van der Waals surface area contributed by atoms with Crippen LogP contribution in [-0.2, 0) is 0 Å². The molecule has 27 heavy (non-hydrogen) atoms. The smallest absolute Gasteiger partial charge is 0.247 e. The summed E-state index contributed by atoms with van der Waals surface area (Å²) in [5, 5.41) is 21.5. The second-order valence-corrected chi connectivity index (χ2v) is 6.36. The van der Waals surface area contributed by atoms with Crippen molar-refractivity contribution in [3.05, 3.63) is 65.2 Å². The third-order valence-corrected chi connectivity index (χ3v) is 4.32. The van der Waals surface area contributed by atoms with E-state index in [9.17, 15) is 9.50 Å². The fraction of sp³-hybridized carbons (Fsp3) is 0.0526. The fourth-order valence-electron chi connectivity index (χ4n) is 2.73. The van der Waals surface area contributed by atoms with E-state index in [0.29, 0.717) is 27.3 Å². The summed E-state index contributed by atoms with van der Waals surface area (Å²) in [5.74, 6) is -0.155. The maximum absolute atomic E-state index is 12.9. The van der Waals surface area contributed by atoms with E-state index in [1.807, 2.05) is 19.1 Å². The van der Waals surface area contributed by atoms with Crippen LogP contribution < -0.4 is 5.32 Å². The first-order valence-corrected chi connectivity index (χ1v) is 8.40. The molecule has 0 aliphatic rings. The van der Waals surface area contributed by atoms with Gasteiger partial charge in [0.25, 0.3) is 0 Å². The maximum atomic E-state index is 12.9. The van der Waals surface area contributed by atoms with Crippen LogP contribution in [0.5, 0.6) is 5.75 Å². The number of halogens is 2. The van der Waals surface area contributed by atoms with Crippen LogP contribution in [0.3, 0.4) is 0 Å². The second-order valence-electron chi connectivity index (χ2n) is 5.96. The van der Waals surface area contributed by atoms with Crippen molar-refractivity contribution >= 4 is 34.3 Å². The lowest BCUT2D eigenvalue weighted by Crippen LogP contribution is -2.01. The Bertz CT molecular complexity index is 1150. The number of aromatic nitrogens is 4. The minimum absolute atomic E-state index is 0.129. The number of hydrogen-bond acceptors (Lipinski definition) is 6. The summed E-state index contributed by atoms with van der Waals surface area (Å²) in [6.07, 6.45) is 1.35. The standard InChI is InChI=1S/C19H13ClFN5O/c1-10-6-11(14-8-13(27)3-4-15(14)20)7-16-18(10)24-19(26-25-16)23-12-2-5-17(21)22-9-12/h2-9,27H,1H3,(H,23,24,26). The molecule has 134 valence electrons. The van der Waals surface area contributed by atoms with Crippen molar-refractivity contribution in [1.82, 2.24) is 20.2 Å². The highest BCUT2D eigenvalue weighted by molar-refractivity contribution is 6.33. The molecule has 4 aromatic rings. The zero-order valence-electron chi connectivity index (χ0n) is 14.1. The van der Waals surface area contributed by atoms with E-state index in [-0.39, 0.29) is 11.7 Å². The van der Waals surface area contributed by atoms with Gasteiger partial charge in [0.15, 0.2) is 0 Å². The molecule has 0 atom stereocenters. The Morgan fingerprint density at radius 3 is 2.70 bits per heavy atom. The Labute approximate surface area is 158 Å². The van der Waals surface area contributed by atoms with Crippen LogP contribution in [0.2, 0.25) is 5.02 Å². The van der Waals surface area contributed by atoms with Gasteiger partial charge in [0, 0.05) is 10.6 Å². The summed E-state index contributed by atoms with van der Waals surface area (Å²) in [4.78, 5) is 8.06. The average Bonchev–Trinajstić information content (AvgIpc) is 2.66. The highest BCUT2D eigenvalue weighted by atomic mass is 35.5. The molecule has 0 spiro atoms. The molecule has 0 amide bonds. The molecule has 2 aromatic heterocycles. The number of nitrogens with one attached hydrogen (secondary N) is 1. The Hall–Kier alpha value is -3.32. The van der Waals surface area contributed by atoms with Gasteiger partial charge in [-0.05, 0) is 60.5 Å². The Balaban J connectivity index is 1.74. The van der Waals surface area contributed by atoms with E-state index < -0.39 is 5.95 Å². The van der Waals surface area contributed by atoms with Crippen LogP contribution >= 0.6 is 11.6 Å². The first-order chi connectivity index (χ1) is 13.0. The molecule has 0 saturated carbocycles. The number of fused-ring (bicyclic) bond motifs is 1. The zero-order valence-corrected chi connectivity index (χ0v) is 14.9. The summed E-state index contributed by atoms with van der Waals surface area (Å²) < 4.78 is 12.9. The normalized spacial score (nSPS) is 10.9. The van der Waals surface area contributed by atoms with Crippen LogP contribution in [0.15, 0.2) is 48.7 Å². The predicted molar refractivity (Wildman–Crippen MR) is 102 cm³/mol. The van der Waals surface area contributed by atoms with E-state index >= 15 is 0 Å². The van der Waals surface area contributed by atoms with Crippen molar-refractivity contribution in [2.24, 2.45) is 0 Å². The number of nitrogens with zero attached hydrogens (tertiary/aromatic N) is 4. The lowest BCUT2D eigenvalue weighted by Gasteiger charge is -2.10. The van der Waals surface area contributed by atoms with Gasteiger partial charge >= 0.3 is 0 Å². The lowest BCUT2D eigenvalue weighted by molar-refractivity contribution is 0.475. The van der Waals surface area contributed by atoms with Crippen LogP contribution in [0, 0.1) is 12.9 Å². The minimum Gasteiger partial charge on any atom is -0.508 e. The van der Waals surface area contributed by atoms with Gasteiger partial charge in [-0.25, -0.2) is 9.97 Å². The molecule has 0 bridgehead atoms. The van der Waals surface area contributed by atoms with Gasteiger partial charge in [-0.2, -0.15) is 4.39 Å². The van der Waals surface area contributed by atoms with Crippen LogP contribution in [0.1, 0.15) is 5.56 Å². The van der Waals surface area contributed by atoms with E-state index in [1.165, 1.54) is 24.4 Å². The number of aromatic hydroxyl groups is 1. The molecular weight excluding hydrogens is 369 g/mol. The topological polar surface area (TPSA) is 83.8 Å². The monoisotopic (exact) mass is 381 g/mol. The molecule has 0 unspecified atom stereocenters. The maximum Gasteiger partial charge on any atom is 0.247 e. The molecule has 6 nitrogen and oxygen atoms in total. The van der Waals surface area contributed by atoms with Crippen molar-refractivity contribution < 1.29 is 9.50 Å². The number of phenols is 1. The van der Waals surface area contributed by atoms with E-state index in [2.05, 4.69) is 25.5 Å². The predicted octanol–water partition coefficient (Wildman–Crippen LogP) is 4.64. The van der Waals surface area contributed by atoms with E-state index in [4.69, 9.17) is 11.6 Å². The van der Waals surface area contributed by atoms with Crippen LogP contribution in [0.4, 0.5) is 16.0 Å². The van der Waals surface area contributed by atoms with Gasteiger partial charge in [-0.15, -0.1) is 10.2 Å². The van der Waals surface area contributed by atoms with Crippen molar-refractivity contribution in [3.63, 3.8) is 0 Å². The van der Waals surface area contributed by atoms with Gasteiger partial charge < -0.3 is 10.4 Å². The van der Waals surface area contributed by atoms with Crippen molar-refractivity contribution in [2.45, 2.75) is 6.92 Å². The largest absolute Gasteiger partial charge is 0.508 e. The quantitative estimate of drug-likeness (QED) is 0.503. The van der Waals surface area contributed by atoms with Gasteiger partial charge in [-0.3, -0.25) is 0 Å². The lowest BCUT2D eigenvalue weighted by atomic mass is 10.0. The van der Waals surface area contributed by atoms with E-state index in [1.54, 1.807) is 12.1 Å². The first-order valence-electron chi connectivity index (χ1n) is 8.02. The van der Waals surface area contributed by atoms with Gasteiger partial charge in [0.05, 0.1) is 17.4 Å². The SMILES string of the molecule is Cc1cc(-c2cc(O)ccc2Cl)cc2nnc(Nc3ccc(F)nc3)nc12. The van der Waals surface area contributed by atoms with Crippen LogP contribution in [0.25, 0.3) is 22.2 Å². The molecule has 0 fully saturated rings. The fourth-order valence-corrected chi connectivity index (χ4v) is 2.96. The van der Waals surface area contributed by atoms with Crippen molar-refractivity contribution in [3.8, 4) is 16.9 Å². The number of benzene rings is 2. The van der Waals surface area contributed by atoms with Crippen LogP contribution in [-0.4, -0.2) is 25.3 Å². The highest BCUT2D eigenvalue weighted by Crippen LogP contribution is 2.33. The number of hydrogen-bond donors (Lipinski definition) is 2. The summed E-state index contributed by atoms with van der Waals surface area (Å²) in [6.45, 7) is 1.90. The van der Waals surface area contributed by atoms with Crippen molar-refractivity contribution in [1.29, 1.82) is 0 Å². The van der Waals surface area contributed by atoms with Gasteiger partial charge in [-0.1, -0.05) is 11.6 Å². The first kappa shape index (κ1) is 17.1. The summed E-state index contributed by atoms with van der Waals surface area (Å²) >= 11 is 6.26. The molecule has 2 heterocycles. The van der Waals surface area contributed by atoms with Gasteiger partial charge in [0.1, 0.15) is 11.3 Å². The molecule has 8 heteroatoms. The van der Waals surface area contributed by atoms with Crippen molar-refractivity contribution in [2.75, 3.05) is 5.32 Å². The summed E-state index contributed by atoms with van der Waals surface area (Å²) in [5.41, 5.74) is 4.19.